The molecule has 0 spiro atoms. The van der Waals surface area contributed by atoms with Gasteiger partial charge in [0, 0.05) is 25.2 Å². The van der Waals surface area contributed by atoms with Crippen LogP contribution in [0.25, 0.3) is 11.4 Å². The van der Waals surface area contributed by atoms with Gasteiger partial charge in [0.25, 0.3) is 11.8 Å². The van der Waals surface area contributed by atoms with Gasteiger partial charge in [-0.1, -0.05) is 6.07 Å². The lowest BCUT2D eigenvalue weighted by Gasteiger charge is -2.18. The molecule has 2 aromatic carbocycles. The van der Waals surface area contributed by atoms with Crippen LogP contribution in [0.5, 0.6) is 17.2 Å². The van der Waals surface area contributed by atoms with Crippen LogP contribution in [0, 0.1) is 5.92 Å². The zero-order valence-electron chi connectivity index (χ0n) is 25.7. The van der Waals surface area contributed by atoms with Crippen molar-refractivity contribution in [2.45, 2.75) is 19.6 Å². The standard InChI is InChI=1S/C29H31N8O9P/c1-30-28(39)19-14-37(15-45-29(40)17-10-11-22(46-47(41)42)23(12-17)43-3)24(32-27(38)16-8-9-16)13-21(19)31-20-7-5-6-18(25(20)44-4)26-33-35-36(2)34-26/h5-7,10-14,16,31,47H,8-9,15H2,1-4H3,(H,30,39)(H,41,42)/b32-24+. The number of methoxy groups -OCH3 is 2. The maximum atomic E-state index is 13.1. The summed E-state index contributed by atoms with van der Waals surface area (Å²) in [5, 5.41) is 18.0. The molecule has 3 N–H and O–H groups in total. The molecule has 0 saturated heterocycles. The Balaban J connectivity index is 1.52. The topological polar surface area (TPSA) is 210 Å². The summed E-state index contributed by atoms with van der Waals surface area (Å²) < 4.78 is 33.7. The van der Waals surface area contributed by atoms with Crippen LogP contribution in [0.2, 0.25) is 0 Å². The van der Waals surface area contributed by atoms with Gasteiger partial charge in [0.1, 0.15) is 5.49 Å². The van der Waals surface area contributed by atoms with E-state index in [1.165, 1.54) is 61.1 Å². The number of benzene rings is 2. The van der Waals surface area contributed by atoms with Crippen molar-refractivity contribution < 1.29 is 42.6 Å². The zero-order chi connectivity index (χ0) is 33.7. The molecular formula is C29H31N8O9P. The fraction of sp³-hybridized carbons (Fsp3) is 0.276. The Bertz CT molecular complexity index is 1940. The highest BCUT2D eigenvalue weighted by molar-refractivity contribution is 7.32. The van der Waals surface area contributed by atoms with E-state index in [2.05, 4.69) is 31.0 Å². The number of carbonyl (C=O) groups is 3. The molecule has 1 unspecified atom stereocenters. The molecule has 17 nitrogen and oxygen atoms in total. The molecule has 0 radical (unpaired) electrons. The predicted octanol–water partition coefficient (Wildman–Crippen LogP) is 2.21. The Labute approximate surface area is 268 Å². The molecule has 1 fully saturated rings. The zero-order valence-corrected chi connectivity index (χ0v) is 26.7. The first-order valence-corrected chi connectivity index (χ1v) is 15.4. The van der Waals surface area contributed by atoms with Crippen molar-refractivity contribution in [2.75, 3.05) is 26.6 Å². The van der Waals surface area contributed by atoms with E-state index >= 15 is 0 Å². The maximum Gasteiger partial charge on any atom is 0.365 e. The lowest BCUT2D eigenvalue weighted by Crippen LogP contribution is -2.29. The second kappa shape index (κ2) is 14.3. The number of hydrogen-bond acceptors (Lipinski definition) is 12. The van der Waals surface area contributed by atoms with Crippen LogP contribution in [-0.2, 0) is 27.9 Å². The third-order valence-corrected chi connectivity index (χ3v) is 7.33. The largest absolute Gasteiger partial charge is 0.494 e. The van der Waals surface area contributed by atoms with Crippen LogP contribution in [0.15, 0.2) is 53.7 Å². The minimum Gasteiger partial charge on any atom is -0.494 e. The Hall–Kier alpha value is -5.54. The SMILES string of the molecule is CNC(=O)c1cn(COC(=O)c2ccc(O[PH](=O)O)c(OC)c2)/c(=N/C(=O)C2CC2)cc1Nc1cccc(-c2nnn(C)n2)c1OC. The van der Waals surface area contributed by atoms with Crippen molar-refractivity contribution in [3.05, 3.63) is 65.3 Å². The van der Waals surface area contributed by atoms with E-state index < -0.39 is 26.9 Å². The van der Waals surface area contributed by atoms with Gasteiger partial charge in [0.2, 0.25) is 5.82 Å². The minimum absolute atomic E-state index is 0.0297. The van der Waals surface area contributed by atoms with Crippen LogP contribution in [0.4, 0.5) is 11.4 Å². The molecule has 4 aromatic rings. The summed E-state index contributed by atoms with van der Waals surface area (Å²) in [4.78, 5) is 53.7. The van der Waals surface area contributed by atoms with Crippen LogP contribution < -0.4 is 30.1 Å². The fourth-order valence-electron chi connectivity index (χ4n) is 4.49. The van der Waals surface area contributed by atoms with E-state index in [9.17, 15) is 18.9 Å². The van der Waals surface area contributed by atoms with Gasteiger partial charge in [-0.3, -0.25) is 14.2 Å². The molecule has 47 heavy (non-hydrogen) atoms. The lowest BCUT2D eigenvalue weighted by molar-refractivity contribution is -0.119. The number of nitrogens with zero attached hydrogens (tertiary/aromatic N) is 6. The summed E-state index contributed by atoms with van der Waals surface area (Å²) >= 11 is 0. The molecule has 1 saturated carbocycles. The number of ether oxygens (including phenoxy) is 3. The number of pyridine rings is 1. The van der Waals surface area contributed by atoms with E-state index in [-0.39, 0.29) is 45.6 Å². The Morgan fingerprint density at radius 1 is 1.09 bits per heavy atom. The van der Waals surface area contributed by atoms with Crippen molar-refractivity contribution in [3.63, 3.8) is 0 Å². The van der Waals surface area contributed by atoms with Crippen LogP contribution >= 0.6 is 8.25 Å². The number of para-hydroxylation sites is 1. The summed E-state index contributed by atoms with van der Waals surface area (Å²) in [5.74, 6) is -1.12. The van der Waals surface area contributed by atoms with E-state index in [1.807, 2.05) is 0 Å². The highest BCUT2D eigenvalue weighted by atomic mass is 31.1. The molecule has 1 aliphatic rings. The van der Waals surface area contributed by atoms with Gasteiger partial charge < -0.3 is 34.3 Å². The molecule has 246 valence electrons. The number of tetrazole rings is 1. The van der Waals surface area contributed by atoms with Crippen molar-refractivity contribution in [2.24, 2.45) is 18.0 Å². The van der Waals surface area contributed by atoms with E-state index in [1.54, 1.807) is 25.2 Å². The molecule has 1 aliphatic carbocycles. The number of nitrogens with one attached hydrogen (secondary N) is 2. The summed E-state index contributed by atoms with van der Waals surface area (Å²) in [6.45, 7) is -0.429. The third kappa shape index (κ3) is 7.65. The molecule has 2 amide bonds. The van der Waals surface area contributed by atoms with Crippen LogP contribution in [0.1, 0.15) is 33.6 Å². The lowest BCUT2D eigenvalue weighted by atomic mass is 10.1. The average molecular weight is 667 g/mol. The molecule has 2 heterocycles. The molecule has 0 bridgehead atoms. The van der Waals surface area contributed by atoms with Gasteiger partial charge in [-0.15, -0.1) is 10.2 Å². The van der Waals surface area contributed by atoms with Crippen molar-refractivity contribution in [1.82, 2.24) is 30.1 Å². The number of hydrogen-bond donors (Lipinski definition) is 3. The van der Waals surface area contributed by atoms with Crippen LogP contribution in [0.3, 0.4) is 0 Å². The molecular weight excluding hydrogens is 635 g/mol. The molecule has 2 aromatic heterocycles. The Morgan fingerprint density at radius 3 is 2.51 bits per heavy atom. The summed E-state index contributed by atoms with van der Waals surface area (Å²) in [6, 6.07) is 10.6. The summed E-state index contributed by atoms with van der Waals surface area (Å²) in [6.07, 6.45) is 2.84. The van der Waals surface area contributed by atoms with E-state index in [4.69, 9.17) is 23.6 Å². The fourth-order valence-corrected chi connectivity index (χ4v) is 4.84. The second-order valence-corrected chi connectivity index (χ2v) is 10.9. The van der Waals surface area contributed by atoms with Crippen molar-refractivity contribution in [3.8, 4) is 28.6 Å². The maximum absolute atomic E-state index is 13.1. The normalized spacial score (nSPS) is 13.4. The molecule has 1 atom stereocenters. The first kappa shape index (κ1) is 32.8. The minimum atomic E-state index is -3.31. The number of amides is 2. The molecule has 5 rings (SSSR count). The monoisotopic (exact) mass is 666 g/mol. The van der Waals surface area contributed by atoms with Gasteiger partial charge in [0.05, 0.1) is 49.3 Å². The molecule has 0 aliphatic heterocycles. The smallest absolute Gasteiger partial charge is 0.365 e. The highest BCUT2D eigenvalue weighted by Crippen LogP contribution is 2.37. The number of aromatic nitrogens is 5. The van der Waals surface area contributed by atoms with Crippen molar-refractivity contribution >= 4 is 37.4 Å². The highest BCUT2D eigenvalue weighted by Gasteiger charge is 2.29. The van der Waals surface area contributed by atoms with Gasteiger partial charge >= 0.3 is 14.2 Å². The number of carbonyl (C=O) groups excluding carboxylic acids is 3. The quantitative estimate of drug-likeness (QED) is 0.146. The Morgan fingerprint density at radius 2 is 1.87 bits per heavy atom. The molecule has 18 heteroatoms. The van der Waals surface area contributed by atoms with Crippen molar-refractivity contribution in [1.29, 1.82) is 0 Å². The third-order valence-electron chi connectivity index (χ3n) is 6.93. The van der Waals surface area contributed by atoms with Gasteiger partial charge in [-0.2, -0.15) is 9.79 Å². The average Bonchev–Trinajstić information content (AvgIpc) is 3.83. The number of aryl methyl sites for hydroxylation is 1. The predicted molar refractivity (Wildman–Crippen MR) is 165 cm³/mol. The van der Waals surface area contributed by atoms with Gasteiger partial charge in [-0.05, 0) is 48.4 Å². The van der Waals surface area contributed by atoms with Crippen LogP contribution in [-0.4, -0.2) is 68.7 Å². The summed E-state index contributed by atoms with van der Waals surface area (Å²) in [7, 11) is 2.57. The van der Waals surface area contributed by atoms with Gasteiger partial charge in [-0.25, -0.2) is 9.36 Å². The number of anilines is 2. The number of rotatable bonds is 12. The van der Waals surface area contributed by atoms with E-state index in [0.717, 1.165) is 0 Å². The Kier molecular flexibility index (Phi) is 9.97. The second-order valence-electron chi connectivity index (χ2n) is 10.1. The first-order valence-electron chi connectivity index (χ1n) is 14.1. The first-order chi connectivity index (χ1) is 22.6. The van der Waals surface area contributed by atoms with E-state index in [0.29, 0.717) is 35.7 Å². The van der Waals surface area contributed by atoms with Gasteiger partial charge in [0.15, 0.2) is 24.0 Å². The number of esters is 1. The summed E-state index contributed by atoms with van der Waals surface area (Å²) in [5.41, 5.74) is 1.58.